The zero-order valence-electron chi connectivity index (χ0n) is 14.1. The van der Waals surface area contributed by atoms with Crippen molar-refractivity contribution in [2.24, 2.45) is 5.73 Å². The van der Waals surface area contributed by atoms with Crippen LogP contribution < -0.4 is 11.1 Å². The molecule has 1 aromatic carbocycles. The van der Waals surface area contributed by atoms with E-state index in [4.69, 9.17) is 5.73 Å². The highest BCUT2D eigenvalue weighted by Crippen LogP contribution is 2.45. The molecular weight excluding hydrogens is 401 g/mol. The number of nitrogens with zero attached hydrogens (tertiary/aromatic N) is 1. The quantitative estimate of drug-likeness (QED) is 0.788. The van der Waals surface area contributed by atoms with Gasteiger partial charge in [-0.2, -0.15) is 0 Å². The number of amides is 1. The predicted octanol–water partition coefficient (Wildman–Crippen LogP) is 2.34. The summed E-state index contributed by atoms with van der Waals surface area (Å²) in [6.45, 7) is 1.31. The van der Waals surface area contributed by atoms with Gasteiger partial charge in [0, 0.05) is 42.4 Å². The van der Waals surface area contributed by atoms with Crippen molar-refractivity contribution in [1.82, 2.24) is 10.2 Å². The molecular formula is C19H19BrFN3O2. The minimum absolute atomic E-state index is 0.0563. The predicted molar refractivity (Wildman–Crippen MR) is 98.5 cm³/mol. The number of allylic oxidation sites excluding steroid dienone is 2. The van der Waals surface area contributed by atoms with Crippen molar-refractivity contribution >= 4 is 27.6 Å². The summed E-state index contributed by atoms with van der Waals surface area (Å²) < 4.78 is 14.1. The summed E-state index contributed by atoms with van der Waals surface area (Å²) in [5, 5.41) is 3.34. The molecule has 2 aliphatic heterocycles. The lowest BCUT2D eigenvalue weighted by molar-refractivity contribution is -0.125. The molecule has 0 spiro atoms. The first-order valence-corrected chi connectivity index (χ1v) is 9.51. The highest BCUT2D eigenvalue weighted by atomic mass is 79.9. The van der Waals surface area contributed by atoms with Gasteiger partial charge in [0.2, 0.25) is 0 Å². The largest absolute Gasteiger partial charge is 0.360 e. The third kappa shape index (κ3) is 2.70. The Bertz CT molecular complexity index is 878. The molecule has 7 heteroatoms. The van der Waals surface area contributed by atoms with Gasteiger partial charge in [-0.15, -0.1) is 0 Å². The van der Waals surface area contributed by atoms with Crippen molar-refractivity contribution in [2.75, 3.05) is 19.6 Å². The summed E-state index contributed by atoms with van der Waals surface area (Å²) in [5.41, 5.74) is 9.35. The normalized spacial score (nSPS) is 22.6. The Labute approximate surface area is 159 Å². The molecule has 2 heterocycles. The van der Waals surface area contributed by atoms with E-state index in [9.17, 15) is 14.0 Å². The maximum atomic E-state index is 13.7. The van der Waals surface area contributed by atoms with Gasteiger partial charge in [0.25, 0.3) is 5.91 Å². The summed E-state index contributed by atoms with van der Waals surface area (Å²) in [6, 6.07) is 4.69. The lowest BCUT2D eigenvalue weighted by Crippen LogP contribution is -2.33. The number of ketones is 1. The van der Waals surface area contributed by atoms with Gasteiger partial charge in [-0.3, -0.25) is 9.59 Å². The van der Waals surface area contributed by atoms with Crippen LogP contribution in [-0.4, -0.2) is 36.2 Å². The summed E-state index contributed by atoms with van der Waals surface area (Å²) >= 11 is 3.22. The standard InChI is InChI=1S/C19H19BrFN3O2/c20-11-8-10(4-5-12(11)21)16-17-13(2-1-3-15(17)25)23-14-9-24(7-6-22)19(26)18(14)16/h4-5,8,16,23H,1-3,6-7,9,22H2/t16-/m0/s1. The average molecular weight is 420 g/mol. The van der Waals surface area contributed by atoms with Crippen molar-refractivity contribution in [2.45, 2.75) is 25.2 Å². The van der Waals surface area contributed by atoms with E-state index in [0.29, 0.717) is 41.7 Å². The number of hydrogen-bond donors (Lipinski definition) is 2. The maximum absolute atomic E-state index is 13.7. The van der Waals surface area contributed by atoms with Crippen LogP contribution in [0.2, 0.25) is 0 Å². The van der Waals surface area contributed by atoms with E-state index in [1.54, 1.807) is 17.0 Å². The number of benzene rings is 1. The van der Waals surface area contributed by atoms with Gasteiger partial charge in [0.15, 0.2) is 5.78 Å². The highest BCUT2D eigenvalue weighted by Gasteiger charge is 2.44. The minimum atomic E-state index is -0.457. The third-order valence-electron chi connectivity index (χ3n) is 5.20. The van der Waals surface area contributed by atoms with Crippen LogP contribution in [0.5, 0.6) is 0 Å². The SMILES string of the molecule is NCCN1CC2=C(C1=O)[C@@H](c1ccc(F)c(Br)c1)C1=C(CCCC1=O)N2. The summed E-state index contributed by atoms with van der Waals surface area (Å²) in [5.74, 6) is -0.876. The molecule has 0 saturated carbocycles. The van der Waals surface area contributed by atoms with Gasteiger partial charge in [0.05, 0.1) is 16.6 Å². The van der Waals surface area contributed by atoms with E-state index in [1.807, 2.05) is 0 Å². The number of nitrogens with one attached hydrogen (secondary N) is 1. The number of halogens is 2. The lowest BCUT2D eigenvalue weighted by Gasteiger charge is -2.32. The van der Waals surface area contributed by atoms with Gasteiger partial charge in [-0.25, -0.2) is 4.39 Å². The monoisotopic (exact) mass is 419 g/mol. The summed E-state index contributed by atoms with van der Waals surface area (Å²) in [4.78, 5) is 27.4. The van der Waals surface area contributed by atoms with Crippen LogP contribution in [0.1, 0.15) is 30.7 Å². The zero-order chi connectivity index (χ0) is 18.4. The van der Waals surface area contributed by atoms with E-state index in [1.165, 1.54) is 6.07 Å². The second kappa shape index (κ2) is 6.63. The van der Waals surface area contributed by atoms with Crippen molar-refractivity contribution in [3.05, 3.63) is 56.6 Å². The van der Waals surface area contributed by atoms with Crippen LogP contribution in [0.15, 0.2) is 45.2 Å². The molecule has 0 unspecified atom stereocenters. The topological polar surface area (TPSA) is 75.4 Å². The van der Waals surface area contributed by atoms with E-state index in [-0.39, 0.29) is 17.5 Å². The van der Waals surface area contributed by atoms with Gasteiger partial charge < -0.3 is 16.0 Å². The molecule has 26 heavy (non-hydrogen) atoms. The molecule has 1 atom stereocenters. The Morgan fingerprint density at radius 3 is 2.77 bits per heavy atom. The molecule has 3 N–H and O–H groups in total. The van der Waals surface area contributed by atoms with Crippen molar-refractivity contribution in [3.63, 3.8) is 0 Å². The van der Waals surface area contributed by atoms with E-state index in [0.717, 1.165) is 29.8 Å². The number of carbonyl (C=O) groups excluding carboxylic acids is 2. The minimum Gasteiger partial charge on any atom is -0.360 e. The molecule has 5 nitrogen and oxygen atoms in total. The van der Waals surface area contributed by atoms with Crippen LogP contribution in [0.25, 0.3) is 0 Å². The Morgan fingerprint density at radius 1 is 1.23 bits per heavy atom. The number of carbonyl (C=O) groups is 2. The number of nitrogens with two attached hydrogens (primary N) is 1. The second-order valence-corrected chi connectivity index (χ2v) is 7.66. The van der Waals surface area contributed by atoms with Crippen LogP contribution in [0.3, 0.4) is 0 Å². The lowest BCUT2D eigenvalue weighted by atomic mass is 9.75. The first kappa shape index (κ1) is 17.4. The first-order valence-electron chi connectivity index (χ1n) is 8.72. The number of dihydropyridines is 1. The van der Waals surface area contributed by atoms with Crippen LogP contribution in [0, 0.1) is 5.82 Å². The van der Waals surface area contributed by atoms with Crippen molar-refractivity contribution < 1.29 is 14.0 Å². The second-order valence-electron chi connectivity index (χ2n) is 6.81. The van der Waals surface area contributed by atoms with Crippen molar-refractivity contribution in [3.8, 4) is 0 Å². The van der Waals surface area contributed by atoms with Crippen LogP contribution >= 0.6 is 15.9 Å². The molecule has 3 aliphatic rings. The fourth-order valence-corrected chi connectivity index (χ4v) is 4.46. The Hall–Kier alpha value is -1.99. The van der Waals surface area contributed by atoms with Crippen LogP contribution in [0.4, 0.5) is 4.39 Å². The molecule has 4 rings (SSSR count). The highest BCUT2D eigenvalue weighted by molar-refractivity contribution is 9.10. The molecule has 0 fully saturated rings. The van der Waals surface area contributed by atoms with Crippen molar-refractivity contribution in [1.29, 1.82) is 0 Å². The molecule has 1 amide bonds. The molecule has 0 radical (unpaired) electrons. The van der Waals surface area contributed by atoms with E-state index < -0.39 is 5.92 Å². The number of Topliss-reactive ketones (excluding diaryl/α,β-unsaturated/α-hetero) is 1. The molecule has 0 aromatic heterocycles. The molecule has 1 aromatic rings. The van der Waals surface area contributed by atoms with E-state index >= 15 is 0 Å². The van der Waals surface area contributed by atoms with Gasteiger partial charge in [0.1, 0.15) is 5.82 Å². The molecule has 0 bridgehead atoms. The fourth-order valence-electron chi connectivity index (χ4n) is 4.07. The van der Waals surface area contributed by atoms with Gasteiger partial charge in [-0.1, -0.05) is 6.07 Å². The van der Waals surface area contributed by atoms with Gasteiger partial charge >= 0.3 is 0 Å². The smallest absolute Gasteiger partial charge is 0.252 e. The summed E-state index contributed by atoms with van der Waals surface area (Å²) in [6.07, 6.45) is 2.05. The Morgan fingerprint density at radius 2 is 2.04 bits per heavy atom. The zero-order valence-corrected chi connectivity index (χ0v) is 15.7. The van der Waals surface area contributed by atoms with E-state index in [2.05, 4.69) is 21.2 Å². The Kier molecular flexibility index (Phi) is 4.44. The fraction of sp³-hybridized carbons (Fsp3) is 0.368. The molecule has 0 saturated heterocycles. The summed E-state index contributed by atoms with van der Waals surface area (Å²) in [7, 11) is 0. The van der Waals surface area contributed by atoms with Crippen LogP contribution in [-0.2, 0) is 9.59 Å². The molecule has 1 aliphatic carbocycles. The number of hydrogen-bond acceptors (Lipinski definition) is 4. The third-order valence-corrected chi connectivity index (χ3v) is 5.81. The first-order chi connectivity index (χ1) is 12.5. The van der Waals surface area contributed by atoms with Gasteiger partial charge in [-0.05, 0) is 46.5 Å². The average Bonchev–Trinajstić information content (AvgIpc) is 2.92. The Balaban J connectivity index is 1.85. The maximum Gasteiger partial charge on any atom is 0.252 e. The number of rotatable bonds is 3. The molecule has 136 valence electrons.